The van der Waals surface area contributed by atoms with Crippen molar-refractivity contribution >= 4 is 28.6 Å². The van der Waals surface area contributed by atoms with Gasteiger partial charge in [0.15, 0.2) is 0 Å². The quantitative estimate of drug-likeness (QED) is 0.425. The minimum absolute atomic E-state index is 0.0412. The number of rotatable bonds is 5. The van der Waals surface area contributed by atoms with Crippen LogP contribution in [-0.2, 0) is 13.6 Å². The molecule has 0 atom stereocenters. The Labute approximate surface area is 183 Å². The van der Waals surface area contributed by atoms with Crippen LogP contribution < -0.4 is 5.73 Å². The lowest BCUT2D eigenvalue weighted by atomic mass is 10.1. The number of nitrogen functional groups attached to an aromatic ring is 1. The van der Waals surface area contributed by atoms with Gasteiger partial charge in [-0.2, -0.15) is 13.6 Å². The van der Waals surface area contributed by atoms with E-state index < -0.39 is 12.3 Å². The molecule has 0 fully saturated rings. The molecular weight excluding hydrogens is 444 g/mol. The maximum atomic E-state index is 12.6. The predicted molar refractivity (Wildman–Crippen MR) is 111 cm³/mol. The van der Waals surface area contributed by atoms with Gasteiger partial charge in [-0.25, -0.2) is 4.98 Å². The minimum atomic E-state index is -2.84. The smallest absolute Gasteiger partial charge is 0.314 e. The number of fused-ring (bicyclic) bond motifs is 1. The molecule has 13 heteroatoms. The highest BCUT2D eigenvalue weighted by molar-refractivity contribution is 6.31. The molecule has 2 N–H and O–H groups in total. The van der Waals surface area contributed by atoms with Gasteiger partial charge in [0, 0.05) is 23.2 Å². The van der Waals surface area contributed by atoms with Crippen LogP contribution in [0, 0.1) is 0 Å². The third-order valence-electron chi connectivity index (χ3n) is 4.87. The fraction of sp³-hybridized carbons (Fsp3) is 0.158. The number of hydrogen-bond acceptors (Lipinski definition) is 8. The van der Waals surface area contributed by atoms with Crippen LogP contribution in [0.1, 0.15) is 17.9 Å². The summed E-state index contributed by atoms with van der Waals surface area (Å²) in [5.74, 6) is 0.0543. The summed E-state index contributed by atoms with van der Waals surface area (Å²) in [6.07, 6.45) is -2.84. The second-order valence-electron chi connectivity index (χ2n) is 6.93. The topological polar surface area (TPSA) is 126 Å². The molecule has 0 radical (unpaired) electrons. The van der Waals surface area contributed by atoms with Crippen molar-refractivity contribution in [3.05, 3.63) is 52.9 Å². The average molecular weight is 458 g/mol. The Bertz CT molecular complexity index is 1440. The molecule has 0 amide bonds. The lowest BCUT2D eigenvalue weighted by Gasteiger charge is -2.04. The van der Waals surface area contributed by atoms with Crippen LogP contribution in [0.25, 0.3) is 33.9 Å². The molecular formula is C19H14ClF2N9O. The normalized spacial score (nSPS) is 11.7. The highest BCUT2D eigenvalue weighted by Gasteiger charge is 2.18. The number of hydrogen-bond donors (Lipinski definition) is 1. The lowest BCUT2D eigenvalue weighted by Crippen LogP contribution is -2.04. The molecule has 5 aromatic rings. The number of anilines is 1. The van der Waals surface area contributed by atoms with Crippen molar-refractivity contribution in [2.45, 2.75) is 13.0 Å². The van der Waals surface area contributed by atoms with Gasteiger partial charge in [0.2, 0.25) is 17.7 Å². The summed E-state index contributed by atoms with van der Waals surface area (Å²) < 4.78 is 32.0. The van der Waals surface area contributed by atoms with Gasteiger partial charge >= 0.3 is 6.43 Å². The van der Waals surface area contributed by atoms with Gasteiger partial charge in [-0.3, -0.25) is 0 Å². The van der Waals surface area contributed by atoms with Crippen molar-refractivity contribution in [1.82, 2.24) is 40.0 Å². The molecule has 3 heterocycles. The van der Waals surface area contributed by atoms with Gasteiger partial charge in [0.05, 0.1) is 17.6 Å². The number of halogens is 3. The number of nitrogens with two attached hydrogens (primary N) is 1. The van der Waals surface area contributed by atoms with Crippen LogP contribution in [0.3, 0.4) is 0 Å². The number of aryl methyl sites for hydroxylation is 1. The molecule has 3 aromatic heterocycles. The summed E-state index contributed by atoms with van der Waals surface area (Å²) in [4.78, 5) is 5.71. The minimum Gasteiger partial charge on any atom is -0.415 e. The number of nitrogens with zero attached hydrogens (tertiary/aromatic N) is 8. The highest BCUT2D eigenvalue weighted by atomic mass is 35.5. The molecule has 2 aromatic carbocycles. The number of benzene rings is 2. The van der Waals surface area contributed by atoms with E-state index in [1.54, 1.807) is 22.8 Å². The molecule has 0 aliphatic carbocycles. The van der Waals surface area contributed by atoms with E-state index in [0.717, 1.165) is 16.6 Å². The van der Waals surface area contributed by atoms with Gasteiger partial charge in [0.25, 0.3) is 5.89 Å². The summed E-state index contributed by atoms with van der Waals surface area (Å²) in [5, 5.41) is 19.9. The number of alkyl halides is 2. The van der Waals surface area contributed by atoms with Crippen LogP contribution in [0.5, 0.6) is 0 Å². The first kappa shape index (κ1) is 20.0. The Balaban J connectivity index is 1.37. The molecule has 5 rings (SSSR count). The van der Waals surface area contributed by atoms with Gasteiger partial charge in [-0.05, 0) is 41.1 Å². The van der Waals surface area contributed by atoms with E-state index in [2.05, 4.69) is 30.6 Å². The Morgan fingerprint density at radius 3 is 2.66 bits per heavy atom. The van der Waals surface area contributed by atoms with Crippen LogP contribution in [0.2, 0.25) is 5.02 Å². The van der Waals surface area contributed by atoms with Crippen molar-refractivity contribution < 1.29 is 13.2 Å². The summed E-state index contributed by atoms with van der Waals surface area (Å²) in [6, 6.07) is 10.5. The largest absolute Gasteiger partial charge is 0.415 e. The van der Waals surface area contributed by atoms with Crippen molar-refractivity contribution in [2.75, 3.05) is 5.73 Å². The molecule has 0 saturated heterocycles. The van der Waals surface area contributed by atoms with E-state index in [-0.39, 0.29) is 12.4 Å². The first-order valence-corrected chi connectivity index (χ1v) is 9.67. The Morgan fingerprint density at radius 1 is 1.09 bits per heavy atom. The molecule has 0 unspecified atom stereocenters. The van der Waals surface area contributed by atoms with Gasteiger partial charge < -0.3 is 14.7 Å². The van der Waals surface area contributed by atoms with Crippen molar-refractivity contribution in [3.63, 3.8) is 0 Å². The fourth-order valence-corrected chi connectivity index (χ4v) is 3.42. The second-order valence-corrected chi connectivity index (χ2v) is 7.34. The lowest BCUT2D eigenvalue weighted by molar-refractivity contribution is 0.116. The summed E-state index contributed by atoms with van der Waals surface area (Å²) in [6.45, 7) is 0.247. The molecule has 0 spiro atoms. The molecule has 10 nitrogen and oxygen atoms in total. The first-order valence-electron chi connectivity index (χ1n) is 9.29. The number of imidazole rings is 1. The van der Waals surface area contributed by atoms with Crippen LogP contribution in [0.4, 0.5) is 14.7 Å². The Kier molecular flexibility index (Phi) is 4.78. The van der Waals surface area contributed by atoms with Crippen molar-refractivity contribution in [2.24, 2.45) is 7.05 Å². The second kappa shape index (κ2) is 7.64. The van der Waals surface area contributed by atoms with Gasteiger partial charge in [0.1, 0.15) is 0 Å². The zero-order valence-electron chi connectivity index (χ0n) is 16.4. The molecule has 0 saturated carbocycles. The zero-order chi connectivity index (χ0) is 22.4. The Hall–Kier alpha value is -3.93. The standard InChI is InChI=1S/C19H14ClF2N9O/c1-30-14-5-4-9(7-13(14)24-19(30)23)16-25-29-31(28-16)8-11-3-2-10(6-12(11)20)17-26-27-18(32-17)15(21)22/h2-7,15H,8H2,1H3,(H2,23,24). The van der Waals surface area contributed by atoms with Crippen LogP contribution >= 0.6 is 11.6 Å². The van der Waals surface area contributed by atoms with Crippen molar-refractivity contribution in [1.29, 1.82) is 0 Å². The van der Waals surface area contributed by atoms with Gasteiger partial charge in [-0.1, -0.05) is 17.7 Å². The predicted octanol–water partition coefficient (Wildman–Crippen LogP) is 3.50. The summed E-state index contributed by atoms with van der Waals surface area (Å²) >= 11 is 6.36. The number of tetrazole rings is 1. The molecule has 0 aliphatic heterocycles. The third-order valence-corrected chi connectivity index (χ3v) is 5.22. The highest BCUT2D eigenvalue weighted by Crippen LogP contribution is 2.28. The van der Waals surface area contributed by atoms with E-state index in [4.69, 9.17) is 21.8 Å². The summed E-state index contributed by atoms with van der Waals surface area (Å²) in [5.41, 5.74) is 9.34. The monoisotopic (exact) mass is 457 g/mol. The van der Waals surface area contributed by atoms with Crippen LogP contribution in [-0.4, -0.2) is 40.0 Å². The fourth-order valence-electron chi connectivity index (χ4n) is 3.18. The molecule has 162 valence electrons. The van der Waals surface area contributed by atoms with Crippen molar-refractivity contribution in [3.8, 4) is 22.8 Å². The summed E-state index contributed by atoms with van der Waals surface area (Å²) in [7, 11) is 1.84. The SMILES string of the molecule is Cn1c(N)nc2cc(-c3nnn(Cc4ccc(-c5nnc(C(F)F)o5)cc4Cl)n3)ccc21. The first-order chi connectivity index (χ1) is 15.4. The van der Waals surface area contributed by atoms with E-state index in [9.17, 15) is 8.78 Å². The number of aromatic nitrogens is 8. The molecule has 0 aliphatic rings. The molecule has 32 heavy (non-hydrogen) atoms. The van der Waals surface area contributed by atoms with E-state index in [1.807, 2.05) is 25.2 Å². The van der Waals surface area contributed by atoms with E-state index in [0.29, 0.717) is 27.9 Å². The van der Waals surface area contributed by atoms with E-state index in [1.165, 1.54) is 4.80 Å². The Morgan fingerprint density at radius 2 is 1.91 bits per heavy atom. The molecule has 0 bridgehead atoms. The average Bonchev–Trinajstić information content (AvgIpc) is 3.50. The zero-order valence-corrected chi connectivity index (χ0v) is 17.2. The maximum absolute atomic E-state index is 12.6. The maximum Gasteiger partial charge on any atom is 0.314 e. The van der Waals surface area contributed by atoms with E-state index >= 15 is 0 Å². The third kappa shape index (κ3) is 3.54. The van der Waals surface area contributed by atoms with Gasteiger partial charge in [-0.15, -0.1) is 20.4 Å². The van der Waals surface area contributed by atoms with Crippen LogP contribution in [0.15, 0.2) is 40.8 Å².